The monoisotopic (exact) mass is 313 g/mol. The van der Waals surface area contributed by atoms with E-state index in [2.05, 4.69) is 29.2 Å². The molecule has 0 aliphatic rings. The second kappa shape index (κ2) is 8.98. The second-order valence-corrected chi connectivity index (χ2v) is 4.67. The van der Waals surface area contributed by atoms with Gasteiger partial charge in [-0.05, 0) is 13.1 Å². The topological polar surface area (TPSA) is 103 Å². The van der Waals surface area contributed by atoms with Gasteiger partial charge in [0.05, 0.1) is 18.6 Å². The van der Waals surface area contributed by atoms with Crippen molar-refractivity contribution < 1.29 is 14.5 Å². The fourth-order valence-corrected chi connectivity index (χ4v) is 1.98. The summed E-state index contributed by atoms with van der Waals surface area (Å²) in [6.07, 6.45) is 1.47. The van der Waals surface area contributed by atoms with Crippen molar-refractivity contribution >= 4 is 11.6 Å². The molecule has 0 atom stereocenters. The highest BCUT2D eigenvalue weighted by Crippen LogP contribution is 2.23. The number of methoxy groups -OCH3 is 1. The van der Waals surface area contributed by atoms with Crippen molar-refractivity contribution in [3.63, 3.8) is 0 Å². The van der Waals surface area contributed by atoms with Crippen molar-refractivity contribution in [2.45, 2.75) is 26.8 Å². The smallest absolute Gasteiger partial charge is 0.350 e. The highest BCUT2D eigenvalue weighted by molar-refractivity contribution is 5.75. The lowest BCUT2D eigenvalue weighted by Crippen LogP contribution is -2.35. The summed E-state index contributed by atoms with van der Waals surface area (Å²) in [4.78, 5) is 24.2. The number of carbonyl (C=O) groups is 1. The Morgan fingerprint density at radius 2 is 2.18 bits per heavy atom. The lowest BCUT2D eigenvalue weighted by molar-refractivity contribution is -0.385. The number of aromatic nitrogens is 2. The van der Waals surface area contributed by atoms with E-state index in [-0.39, 0.29) is 30.4 Å². The number of hydrogen-bond donors (Lipinski definition) is 1. The van der Waals surface area contributed by atoms with Gasteiger partial charge in [0.1, 0.15) is 6.20 Å². The molecule has 124 valence electrons. The van der Waals surface area contributed by atoms with Crippen molar-refractivity contribution in [3.8, 4) is 5.88 Å². The number of carbonyl (C=O) groups excluding carboxylic acids is 1. The van der Waals surface area contributed by atoms with E-state index < -0.39 is 4.92 Å². The SMILES string of the molecule is CCN(CC)CCNC(=O)CCn1cc([N+](=O)[O-])c(OC)n1. The lowest BCUT2D eigenvalue weighted by atomic mass is 10.4. The Bertz CT molecular complexity index is 499. The largest absolute Gasteiger partial charge is 0.475 e. The molecule has 1 aromatic rings. The van der Waals surface area contributed by atoms with Crippen LogP contribution in [0, 0.1) is 10.1 Å². The van der Waals surface area contributed by atoms with Crippen LogP contribution in [-0.2, 0) is 11.3 Å². The zero-order valence-corrected chi connectivity index (χ0v) is 13.2. The van der Waals surface area contributed by atoms with Gasteiger partial charge in [0.25, 0.3) is 0 Å². The van der Waals surface area contributed by atoms with Gasteiger partial charge in [0, 0.05) is 19.5 Å². The van der Waals surface area contributed by atoms with Crippen LogP contribution in [0.5, 0.6) is 5.88 Å². The minimum Gasteiger partial charge on any atom is -0.475 e. The Kier molecular flexibility index (Phi) is 7.30. The second-order valence-electron chi connectivity index (χ2n) is 4.67. The van der Waals surface area contributed by atoms with Crippen LogP contribution in [0.1, 0.15) is 20.3 Å². The van der Waals surface area contributed by atoms with Gasteiger partial charge in [0.15, 0.2) is 0 Å². The quantitative estimate of drug-likeness (QED) is 0.502. The van der Waals surface area contributed by atoms with E-state index >= 15 is 0 Å². The van der Waals surface area contributed by atoms with Crippen molar-refractivity contribution in [2.24, 2.45) is 0 Å². The Labute approximate surface area is 129 Å². The van der Waals surface area contributed by atoms with Crippen molar-refractivity contribution in [1.29, 1.82) is 0 Å². The van der Waals surface area contributed by atoms with Crippen LogP contribution in [0.3, 0.4) is 0 Å². The van der Waals surface area contributed by atoms with Crippen molar-refractivity contribution in [1.82, 2.24) is 20.0 Å². The number of likely N-dealkylation sites (N-methyl/N-ethyl adjacent to an activating group) is 1. The molecular weight excluding hydrogens is 290 g/mol. The summed E-state index contributed by atoms with van der Waals surface area (Å²) in [7, 11) is 1.32. The summed E-state index contributed by atoms with van der Waals surface area (Å²) in [6.45, 7) is 7.70. The van der Waals surface area contributed by atoms with Crippen molar-refractivity contribution in [3.05, 3.63) is 16.3 Å². The van der Waals surface area contributed by atoms with E-state index in [4.69, 9.17) is 4.74 Å². The van der Waals surface area contributed by atoms with Crippen LogP contribution in [0.25, 0.3) is 0 Å². The number of nitrogens with zero attached hydrogens (tertiary/aromatic N) is 4. The molecule has 0 radical (unpaired) electrons. The van der Waals surface area contributed by atoms with Gasteiger partial charge in [-0.25, -0.2) is 0 Å². The predicted octanol–water partition coefficient (Wildman–Crippen LogP) is 0.648. The summed E-state index contributed by atoms with van der Waals surface area (Å²) >= 11 is 0. The molecule has 1 heterocycles. The number of rotatable bonds is 10. The fraction of sp³-hybridized carbons (Fsp3) is 0.692. The van der Waals surface area contributed by atoms with Crippen LogP contribution in [0.2, 0.25) is 0 Å². The molecule has 1 amide bonds. The Morgan fingerprint density at radius 3 is 2.68 bits per heavy atom. The number of nitro groups is 1. The maximum atomic E-state index is 11.7. The molecule has 22 heavy (non-hydrogen) atoms. The molecule has 9 nitrogen and oxygen atoms in total. The molecule has 0 saturated carbocycles. The molecule has 0 fully saturated rings. The molecular formula is C13H23N5O4. The normalized spacial score (nSPS) is 10.7. The van der Waals surface area contributed by atoms with Gasteiger partial charge in [-0.3, -0.25) is 19.6 Å². The van der Waals surface area contributed by atoms with Crippen LogP contribution < -0.4 is 10.1 Å². The van der Waals surface area contributed by atoms with Gasteiger partial charge in [-0.15, -0.1) is 5.10 Å². The highest BCUT2D eigenvalue weighted by Gasteiger charge is 2.20. The molecule has 1 rings (SSSR count). The third kappa shape index (κ3) is 5.32. The van der Waals surface area contributed by atoms with Crippen LogP contribution in [0.4, 0.5) is 5.69 Å². The van der Waals surface area contributed by atoms with E-state index in [0.29, 0.717) is 6.54 Å². The van der Waals surface area contributed by atoms with Crippen molar-refractivity contribution in [2.75, 3.05) is 33.3 Å². The summed E-state index contributed by atoms with van der Waals surface area (Å²) in [5, 5.41) is 17.5. The molecule has 0 bridgehead atoms. The molecule has 9 heteroatoms. The summed E-state index contributed by atoms with van der Waals surface area (Å²) in [6, 6.07) is 0. The van der Waals surface area contributed by atoms with Gasteiger partial charge < -0.3 is 15.0 Å². The van der Waals surface area contributed by atoms with E-state index in [1.54, 1.807) is 0 Å². The first-order chi connectivity index (χ1) is 10.5. The van der Waals surface area contributed by atoms with Crippen LogP contribution >= 0.6 is 0 Å². The number of nitrogens with one attached hydrogen (secondary N) is 1. The van der Waals surface area contributed by atoms with E-state index in [9.17, 15) is 14.9 Å². The Morgan fingerprint density at radius 1 is 1.50 bits per heavy atom. The molecule has 0 aliphatic carbocycles. The summed E-state index contributed by atoms with van der Waals surface area (Å²) < 4.78 is 6.18. The van der Waals surface area contributed by atoms with Gasteiger partial charge >= 0.3 is 11.6 Å². The van der Waals surface area contributed by atoms with Crippen LogP contribution in [-0.4, -0.2) is 58.8 Å². The molecule has 0 spiro atoms. The molecule has 1 N–H and O–H groups in total. The number of aryl methyl sites for hydroxylation is 1. The summed E-state index contributed by atoms with van der Waals surface area (Å²) in [5.41, 5.74) is -0.204. The highest BCUT2D eigenvalue weighted by atomic mass is 16.6. The zero-order chi connectivity index (χ0) is 16.5. The maximum absolute atomic E-state index is 11.7. The third-order valence-electron chi connectivity index (χ3n) is 3.31. The first-order valence-corrected chi connectivity index (χ1v) is 7.26. The minimum atomic E-state index is -0.563. The average molecular weight is 313 g/mol. The Hall–Kier alpha value is -2.16. The minimum absolute atomic E-state index is 0.0491. The van der Waals surface area contributed by atoms with E-state index in [1.165, 1.54) is 18.0 Å². The Balaban J connectivity index is 2.39. The third-order valence-corrected chi connectivity index (χ3v) is 3.31. The number of amides is 1. The maximum Gasteiger partial charge on any atom is 0.350 e. The first-order valence-electron chi connectivity index (χ1n) is 7.26. The van der Waals surface area contributed by atoms with Gasteiger partial charge in [-0.2, -0.15) is 0 Å². The number of ether oxygens (including phenoxy) is 1. The fourth-order valence-electron chi connectivity index (χ4n) is 1.98. The van der Waals surface area contributed by atoms with E-state index in [1.807, 2.05) is 0 Å². The summed E-state index contributed by atoms with van der Waals surface area (Å²) in [5.74, 6) is -0.156. The van der Waals surface area contributed by atoms with Crippen LogP contribution in [0.15, 0.2) is 6.20 Å². The standard InChI is InChI=1S/C13H23N5O4/c1-4-16(5-2)9-7-14-12(19)6-8-17-10-11(18(20)21)13(15-17)22-3/h10H,4-9H2,1-3H3,(H,14,19). The van der Waals surface area contributed by atoms with Gasteiger partial charge in [0.2, 0.25) is 5.91 Å². The predicted molar refractivity (Wildman–Crippen MR) is 80.8 cm³/mol. The molecule has 0 aliphatic heterocycles. The van der Waals surface area contributed by atoms with E-state index in [0.717, 1.165) is 19.6 Å². The molecule has 0 saturated heterocycles. The molecule has 0 unspecified atom stereocenters. The zero-order valence-electron chi connectivity index (χ0n) is 13.2. The lowest BCUT2D eigenvalue weighted by Gasteiger charge is -2.17. The average Bonchev–Trinajstić information content (AvgIpc) is 2.93. The van der Waals surface area contributed by atoms with Gasteiger partial charge in [-0.1, -0.05) is 13.8 Å². The number of hydrogen-bond acceptors (Lipinski definition) is 6. The first kappa shape index (κ1) is 17.9. The molecule has 0 aromatic carbocycles. The molecule has 1 aromatic heterocycles.